The fourth-order valence-electron chi connectivity index (χ4n) is 4.49. The number of carboxylic acid groups (broad SMARTS) is 1. The summed E-state index contributed by atoms with van der Waals surface area (Å²) in [5, 5.41) is 18.4. The monoisotopic (exact) mass is 580 g/mol. The molecule has 3 aromatic carbocycles. The first-order valence-corrected chi connectivity index (χ1v) is 14.2. The number of aliphatic carboxylic acids is 1. The summed E-state index contributed by atoms with van der Waals surface area (Å²) in [6, 6.07) is 30.4. The van der Waals surface area contributed by atoms with Gasteiger partial charge in [-0.25, -0.2) is 4.98 Å². The number of hydrogen-bond acceptors (Lipinski definition) is 6. The SMILES string of the molecule is O=C(O)CC(NC(=O)[C@H](COCc1ccccc1)NC(=O)CCCNc1ccccn1)c1ccc(-c2ccccc2)cc1. The Kier molecular flexibility index (Phi) is 11.8. The van der Waals surface area contributed by atoms with Crippen LogP contribution in [0.3, 0.4) is 0 Å². The van der Waals surface area contributed by atoms with Crippen molar-refractivity contribution in [2.45, 2.75) is 38.0 Å². The second-order valence-corrected chi connectivity index (χ2v) is 10.0. The third-order valence-electron chi connectivity index (χ3n) is 6.71. The zero-order valence-corrected chi connectivity index (χ0v) is 23.8. The largest absolute Gasteiger partial charge is 0.481 e. The predicted molar refractivity (Wildman–Crippen MR) is 165 cm³/mol. The molecule has 1 heterocycles. The van der Waals surface area contributed by atoms with E-state index in [1.54, 1.807) is 6.20 Å². The van der Waals surface area contributed by atoms with Crippen molar-refractivity contribution in [1.82, 2.24) is 15.6 Å². The van der Waals surface area contributed by atoms with Crippen LogP contribution < -0.4 is 16.0 Å². The van der Waals surface area contributed by atoms with Crippen LogP contribution in [0.25, 0.3) is 11.1 Å². The van der Waals surface area contributed by atoms with Crippen molar-refractivity contribution in [3.63, 3.8) is 0 Å². The minimum atomic E-state index is -1.06. The topological polar surface area (TPSA) is 130 Å². The first-order valence-electron chi connectivity index (χ1n) is 14.2. The highest BCUT2D eigenvalue weighted by Crippen LogP contribution is 2.23. The van der Waals surface area contributed by atoms with Gasteiger partial charge < -0.3 is 25.8 Å². The molecule has 0 saturated heterocycles. The zero-order chi connectivity index (χ0) is 30.3. The summed E-state index contributed by atoms with van der Waals surface area (Å²) in [4.78, 5) is 42.2. The van der Waals surface area contributed by atoms with E-state index in [1.165, 1.54) is 0 Å². The van der Waals surface area contributed by atoms with E-state index in [0.717, 1.165) is 22.5 Å². The van der Waals surface area contributed by atoms with E-state index in [4.69, 9.17) is 4.74 Å². The summed E-state index contributed by atoms with van der Waals surface area (Å²) in [6.45, 7) is 0.713. The maximum atomic E-state index is 13.5. The van der Waals surface area contributed by atoms with Crippen LogP contribution in [0.15, 0.2) is 109 Å². The Bertz CT molecular complexity index is 1430. The van der Waals surface area contributed by atoms with Crippen LogP contribution in [0.2, 0.25) is 0 Å². The third kappa shape index (κ3) is 10.4. The van der Waals surface area contributed by atoms with Crippen LogP contribution in [-0.4, -0.2) is 47.1 Å². The van der Waals surface area contributed by atoms with E-state index in [2.05, 4.69) is 20.9 Å². The fourth-order valence-corrected chi connectivity index (χ4v) is 4.49. The Morgan fingerprint density at radius 3 is 2.14 bits per heavy atom. The van der Waals surface area contributed by atoms with Gasteiger partial charge in [-0.05, 0) is 40.8 Å². The first kappa shape index (κ1) is 30.9. The average molecular weight is 581 g/mol. The number of carbonyl (C=O) groups excluding carboxylic acids is 2. The summed E-state index contributed by atoms with van der Waals surface area (Å²) >= 11 is 0. The van der Waals surface area contributed by atoms with Crippen molar-refractivity contribution in [1.29, 1.82) is 0 Å². The Morgan fingerprint density at radius 2 is 1.47 bits per heavy atom. The molecule has 2 amide bonds. The van der Waals surface area contributed by atoms with Crippen LogP contribution >= 0.6 is 0 Å². The number of nitrogens with one attached hydrogen (secondary N) is 3. The molecule has 2 atom stereocenters. The van der Waals surface area contributed by atoms with Crippen LogP contribution in [0.4, 0.5) is 5.82 Å². The van der Waals surface area contributed by atoms with Gasteiger partial charge in [0.25, 0.3) is 0 Å². The van der Waals surface area contributed by atoms with Gasteiger partial charge in [0.2, 0.25) is 11.8 Å². The summed E-state index contributed by atoms with van der Waals surface area (Å²) in [7, 11) is 0. The van der Waals surface area contributed by atoms with Crippen LogP contribution in [0.1, 0.15) is 36.4 Å². The molecule has 0 bridgehead atoms. The van der Waals surface area contributed by atoms with Gasteiger partial charge >= 0.3 is 5.97 Å². The van der Waals surface area contributed by atoms with Crippen molar-refractivity contribution in [2.24, 2.45) is 0 Å². The number of nitrogens with zero attached hydrogens (tertiary/aromatic N) is 1. The van der Waals surface area contributed by atoms with Crippen molar-refractivity contribution in [3.8, 4) is 11.1 Å². The fraction of sp³-hybridized carbons (Fsp3) is 0.235. The van der Waals surface area contributed by atoms with E-state index in [9.17, 15) is 19.5 Å². The molecular formula is C34H36N4O5. The normalized spacial score (nSPS) is 12.1. The predicted octanol–water partition coefficient (Wildman–Crippen LogP) is 4.97. The second kappa shape index (κ2) is 16.4. The Hall–Kier alpha value is -5.02. The number of carboxylic acids is 1. The highest BCUT2D eigenvalue weighted by Gasteiger charge is 2.26. The summed E-state index contributed by atoms with van der Waals surface area (Å²) < 4.78 is 5.81. The highest BCUT2D eigenvalue weighted by molar-refractivity contribution is 5.88. The lowest BCUT2D eigenvalue weighted by Gasteiger charge is -2.23. The summed E-state index contributed by atoms with van der Waals surface area (Å²) in [5.74, 6) is -1.17. The molecular weight excluding hydrogens is 544 g/mol. The average Bonchev–Trinajstić information content (AvgIpc) is 3.03. The lowest BCUT2D eigenvalue weighted by molar-refractivity contribution is -0.138. The Balaban J connectivity index is 1.40. The third-order valence-corrected chi connectivity index (χ3v) is 6.71. The molecule has 1 aromatic heterocycles. The lowest BCUT2D eigenvalue weighted by atomic mass is 9.99. The van der Waals surface area contributed by atoms with Gasteiger partial charge in [-0.15, -0.1) is 0 Å². The maximum absolute atomic E-state index is 13.5. The lowest BCUT2D eigenvalue weighted by Crippen LogP contribution is -2.50. The second-order valence-electron chi connectivity index (χ2n) is 10.0. The van der Waals surface area contributed by atoms with Crippen molar-refractivity contribution in [2.75, 3.05) is 18.5 Å². The van der Waals surface area contributed by atoms with Gasteiger partial charge in [0, 0.05) is 19.2 Å². The molecule has 0 saturated carbocycles. The smallest absolute Gasteiger partial charge is 0.305 e. The maximum Gasteiger partial charge on any atom is 0.305 e. The Labute approximate surface area is 251 Å². The number of benzene rings is 3. The van der Waals surface area contributed by atoms with Crippen molar-refractivity contribution in [3.05, 3.63) is 120 Å². The van der Waals surface area contributed by atoms with Gasteiger partial charge in [-0.1, -0.05) is 91.0 Å². The molecule has 0 fully saturated rings. The molecule has 9 heteroatoms. The minimum Gasteiger partial charge on any atom is -0.481 e. The summed E-state index contributed by atoms with van der Waals surface area (Å²) in [5.41, 5.74) is 3.57. The first-order chi connectivity index (χ1) is 21.0. The van der Waals surface area contributed by atoms with Crippen molar-refractivity contribution >= 4 is 23.6 Å². The summed E-state index contributed by atoms with van der Waals surface area (Å²) in [6.07, 6.45) is 2.07. The van der Waals surface area contributed by atoms with Crippen LogP contribution in [0.5, 0.6) is 0 Å². The van der Waals surface area contributed by atoms with Crippen molar-refractivity contribution < 1.29 is 24.2 Å². The Morgan fingerprint density at radius 1 is 0.791 bits per heavy atom. The number of hydrogen-bond donors (Lipinski definition) is 4. The number of amides is 2. The van der Waals surface area contributed by atoms with Gasteiger partial charge in [-0.2, -0.15) is 0 Å². The molecule has 0 aliphatic rings. The molecule has 4 aromatic rings. The molecule has 9 nitrogen and oxygen atoms in total. The molecule has 0 aliphatic carbocycles. The van der Waals surface area contributed by atoms with E-state index in [0.29, 0.717) is 18.5 Å². The van der Waals surface area contributed by atoms with E-state index >= 15 is 0 Å². The number of ether oxygens (including phenoxy) is 1. The number of aromatic nitrogens is 1. The van der Waals surface area contributed by atoms with Gasteiger partial charge in [0.1, 0.15) is 11.9 Å². The molecule has 4 rings (SSSR count). The quantitative estimate of drug-likeness (QED) is 0.138. The molecule has 1 unspecified atom stereocenters. The number of pyridine rings is 1. The minimum absolute atomic E-state index is 0.0780. The van der Waals surface area contributed by atoms with Gasteiger partial charge in [0.05, 0.1) is 25.7 Å². The van der Waals surface area contributed by atoms with Crippen LogP contribution in [-0.2, 0) is 25.7 Å². The molecule has 0 spiro atoms. The number of rotatable bonds is 16. The van der Waals surface area contributed by atoms with E-state index < -0.39 is 24.0 Å². The highest BCUT2D eigenvalue weighted by atomic mass is 16.5. The van der Waals surface area contributed by atoms with Gasteiger partial charge in [0.15, 0.2) is 0 Å². The van der Waals surface area contributed by atoms with Crippen LogP contribution in [0, 0.1) is 0 Å². The van der Waals surface area contributed by atoms with E-state index in [1.807, 2.05) is 103 Å². The standard InChI is InChI=1S/C34H36N4O5/c39-32(15-9-21-36-31-14-7-8-20-35-31)37-30(24-43-23-25-10-3-1-4-11-25)34(42)38-29(22-33(40)41)28-18-16-27(17-19-28)26-12-5-2-6-13-26/h1-8,10-14,16-20,29-30H,9,15,21-24H2,(H,35,36)(H,37,39)(H,38,42)(H,40,41)/t29?,30-/m0/s1. The molecule has 0 aliphatic heterocycles. The van der Waals surface area contributed by atoms with E-state index in [-0.39, 0.29) is 32.0 Å². The molecule has 4 N–H and O–H groups in total. The molecule has 43 heavy (non-hydrogen) atoms. The van der Waals surface area contributed by atoms with Gasteiger partial charge in [-0.3, -0.25) is 14.4 Å². The number of anilines is 1. The zero-order valence-electron chi connectivity index (χ0n) is 23.8. The number of carbonyl (C=O) groups is 3. The molecule has 222 valence electrons. The molecule has 0 radical (unpaired) electrons.